The molecule has 0 fully saturated rings. The topological polar surface area (TPSA) is 6.48 Å². The molecule has 3 heterocycles. The molecule has 304 valence electrons. The zero-order valence-corrected chi connectivity index (χ0v) is 40.3. The fourth-order valence-electron chi connectivity index (χ4n) is 10.8. The van der Waals surface area contributed by atoms with Gasteiger partial charge in [0.1, 0.15) is 16.1 Å². The Labute approximate surface area is 371 Å². The van der Waals surface area contributed by atoms with Crippen molar-refractivity contribution >= 4 is 106 Å². The SMILES string of the molecule is CC(C)c1cc(C(C)C)c(B2c3ccc(N4c5ccccc5[Si](C)(C)c5ccccc54)cc3Sc3cc(N4c5ccccc5[Si](C)(C)c5ccccc54)ccc32)c(C(C)C)c1. The molecule has 0 saturated heterocycles. The van der Waals surface area contributed by atoms with Crippen molar-refractivity contribution in [2.45, 2.75) is 95.3 Å². The maximum Gasteiger partial charge on any atom is 0.244 e. The van der Waals surface area contributed by atoms with Crippen LogP contribution in [0.2, 0.25) is 26.2 Å². The van der Waals surface area contributed by atoms with Crippen LogP contribution < -0.4 is 46.9 Å². The highest BCUT2D eigenvalue weighted by Gasteiger charge is 2.42. The number of anilines is 6. The Morgan fingerprint density at radius 3 is 1.10 bits per heavy atom. The first-order valence-corrected chi connectivity index (χ1v) is 29.2. The molecule has 0 saturated carbocycles. The molecule has 61 heavy (non-hydrogen) atoms. The van der Waals surface area contributed by atoms with Crippen LogP contribution in [0.4, 0.5) is 34.1 Å². The van der Waals surface area contributed by atoms with Crippen LogP contribution in [0.25, 0.3) is 0 Å². The highest BCUT2D eigenvalue weighted by Crippen LogP contribution is 2.44. The molecule has 0 radical (unpaired) electrons. The Hall–Kier alpha value is -5.01. The van der Waals surface area contributed by atoms with E-state index in [2.05, 4.69) is 223 Å². The van der Waals surface area contributed by atoms with Crippen LogP contribution in [0.1, 0.15) is 76.0 Å². The Bertz CT molecular complexity index is 2590. The van der Waals surface area contributed by atoms with Crippen LogP contribution in [-0.4, -0.2) is 22.9 Å². The van der Waals surface area contributed by atoms with Crippen LogP contribution in [0.5, 0.6) is 0 Å². The average molecular weight is 845 g/mol. The van der Waals surface area contributed by atoms with Crippen molar-refractivity contribution in [3.8, 4) is 0 Å². The van der Waals surface area contributed by atoms with Crippen molar-refractivity contribution in [1.29, 1.82) is 0 Å². The standard InChI is InChI=1S/C55H57BN2SSi2/c1-35(2)38-31-41(36(3)4)55(42(32-38)37(5)6)56-43-29-27-39(57-45-19-11-15-23-51(45)60(7,8)52-24-16-12-20-46(52)57)33-49(43)59-50-34-40(28-30-44(50)56)58-47-21-13-17-25-53(47)61(9,10)54-26-18-14-22-48(54)58/h11-37H,1-10H3. The lowest BCUT2D eigenvalue weighted by atomic mass is 9.34. The lowest BCUT2D eigenvalue weighted by molar-refractivity contribution is 0.812. The number of hydrogen-bond donors (Lipinski definition) is 0. The average Bonchev–Trinajstić information content (AvgIpc) is 3.25. The maximum absolute atomic E-state index is 2.55. The van der Waals surface area contributed by atoms with Crippen molar-refractivity contribution in [2.24, 2.45) is 0 Å². The number of nitrogens with zero attached hydrogens (tertiary/aromatic N) is 2. The van der Waals surface area contributed by atoms with Crippen LogP contribution in [0, 0.1) is 0 Å². The van der Waals surface area contributed by atoms with E-state index in [1.54, 1.807) is 0 Å². The summed E-state index contributed by atoms with van der Waals surface area (Å²) in [5.41, 5.74) is 16.4. The normalized spacial score (nSPS) is 15.6. The second-order valence-electron chi connectivity index (χ2n) is 19.5. The van der Waals surface area contributed by atoms with Gasteiger partial charge in [-0.1, -0.05) is 193 Å². The molecule has 0 spiro atoms. The molecule has 7 aromatic rings. The van der Waals surface area contributed by atoms with Gasteiger partial charge in [-0.15, -0.1) is 0 Å². The molecule has 0 aliphatic carbocycles. The van der Waals surface area contributed by atoms with Gasteiger partial charge in [0.05, 0.1) is 0 Å². The number of hydrogen-bond acceptors (Lipinski definition) is 3. The first kappa shape index (κ1) is 40.1. The minimum Gasteiger partial charge on any atom is -0.311 e. The van der Waals surface area contributed by atoms with E-state index < -0.39 is 16.1 Å². The summed E-state index contributed by atoms with van der Waals surface area (Å²) in [6.07, 6.45) is 0. The van der Waals surface area contributed by atoms with Gasteiger partial charge in [0.2, 0.25) is 6.71 Å². The summed E-state index contributed by atoms with van der Waals surface area (Å²) in [4.78, 5) is 7.78. The molecule has 0 N–H and O–H groups in total. The zero-order valence-electron chi connectivity index (χ0n) is 37.5. The van der Waals surface area contributed by atoms with Gasteiger partial charge < -0.3 is 9.80 Å². The quantitative estimate of drug-likeness (QED) is 0.154. The molecule has 7 aromatic carbocycles. The molecular formula is C55H57BN2SSi2. The fraction of sp³-hybridized carbons (Fsp3) is 0.236. The summed E-state index contributed by atoms with van der Waals surface area (Å²) >= 11 is 1.96. The van der Waals surface area contributed by atoms with Gasteiger partial charge >= 0.3 is 0 Å². The van der Waals surface area contributed by atoms with Gasteiger partial charge in [-0.2, -0.15) is 0 Å². The highest BCUT2D eigenvalue weighted by molar-refractivity contribution is 8.00. The predicted molar refractivity (Wildman–Crippen MR) is 273 cm³/mol. The predicted octanol–water partition coefficient (Wildman–Crippen LogP) is 11.2. The second-order valence-corrected chi connectivity index (χ2v) is 29.3. The third kappa shape index (κ3) is 6.26. The van der Waals surface area contributed by atoms with E-state index in [0.29, 0.717) is 17.8 Å². The van der Waals surface area contributed by atoms with E-state index in [1.165, 1.54) is 97.7 Å². The summed E-state index contributed by atoms with van der Waals surface area (Å²) in [5.74, 6) is 1.23. The largest absolute Gasteiger partial charge is 0.311 e. The van der Waals surface area contributed by atoms with Gasteiger partial charge in [-0.3, -0.25) is 0 Å². The minimum absolute atomic E-state index is 0.102. The minimum atomic E-state index is -1.92. The third-order valence-electron chi connectivity index (χ3n) is 14.1. The summed E-state index contributed by atoms with van der Waals surface area (Å²) < 4.78 is 0. The van der Waals surface area contributed by atoms with Crippen molar-refractivity contribution in [3.63, 3.8) is 0 Å². The third-order valence-corrected chi connectivity index (χ3v) is 22.3. The number of fused-ring (bicyclic) bond motifs is 6. The van der Waals surface area contributed by atoms with Gasteiger partial charge in [0, 0.05) is 43.9 Å². The number of para-hydroxylation sites is 4. The molecule has 0 bridgehead atoms. The van der Waals surface area contributed by atoms with Crippen molar-refractivity contribution in [2.75, 3.05) is 9.80 Å². The van der Waals surface area contributed by atoms with E-state index in [9.17, 15) is 0 Å². The molecular weight excluding hydrogens is 788 g/mol. The molecule has 0 atom stereocenters. The maximum atomic E-state index is 2.55. The van der Waals surface area contributed by atoms with Crippen molar-refractivity contribution in [1.82, 2.24) is 0 Å². The van der Waals surface area contributed by atoms with Crippen LogP contribution in [0.15, 0.2) is 155 Å². The zero-order chi connectivity index (χ0) is 42.5. The summed E-state index contributed by atoms with van der Waals surface area (Å²) in [6, 6.07) is 56.6. The monoisotopic (exact) mass is 844 g/mol. The van der Waals surface area contributed by atoms with Crippen LogP contribution in [-0.2, 0) is 0 Å². The Kier molecular flexibility index (Phi) is 9.74. The summed E-state index contributed by atoms with van der Waals surface area (Å²) in [5, 5.41) is 5.98. The van der Waals surface area contributed by atoms with E-state index in [1.807, 2.05) is 11.8 Å². The number of rotatable bonds is 6. The molecule has 3 aliphatic rings. The van der Waals surface area contributed by atoms with E-state index >= 15 is 0 Å². The number of benzene rings is 7. The lowest BCUT2D eigenvalue weighted by Crippen LogP contribution is -2.59. The molecule has 2 nitrogen and oxygen atoms in total. The molecule has 0 aromatic heterocycles. The second kappa shape index (κ2) is 14.8. The first-order chi connectivity index (χ1) is 29.3. The van der Waals surface area contributed by atoms with Crippen molar-refractivity contribution in [3.05, 3.63) is 162 Å². The van der Waals surface area contributed by atoms with Crippen LogP contribution in [0.3, 0.4) is 0 Å². The van der Waals surface area contributed by atoms with E-state index in [-0.39, 0.29) is 6.71 Å². The van der Waals surface area contributed by atoms with Gasteiger partial charge in [0.25, 0.3) is 0 Å². The van der Waals surface area contributed by atoms with E-state index in [0.717, 1.165) is 0 Å². The molecule has 3 aliphatic heterocycles. The Balaban J connectivity index is 1.21. The van der Waals surface area contributed by atoms with Crippen LogP contribution >= 0.6 is 11.8 Å². The fourth-order valence-corrected chi connectivity index (χ4v) is 18.0. The first-order valence-electron chi connectivity index (χ1n) is 22.4. The van der Waals surface area contributed by atoms with Gasteiger partial charge in [-0.05, 0) is 104 Å². The van der Waals surface area contributed by atoms with E-state index in [4.69, 9.17) is 0 Å². The lowest BCUT2D eigenvalue weighted by Gasteiger charge is -2.42. The van der Waals surface area contributed by atoms with Gasteiger partial charge in [0.15, 0.2) is 0 Å². The molecule has 0 amide bonds. The highest BCUT2D eigenvalue weighted by atomic mass is 32.2. The summed E-state index contributed by atoms with van der Waals surface area (Å²) in [6.45, 7) is 24.4. The Morgan fingerprint density at radius 1 is 0.426 bits per heavy atom. The Morgan fingerprint density at radius 2 is 0.770 bits per heavy atom. The van der Waals surface area contributed by atoms with Gasteiger partial charge in [-0.25, -0.2) is 0 Å². The molecule has 0 unspecified atom stereocenters. The molecule has 6 heteroatoms. The smallest absolute Gasteiger partial charge is 0.244 e. The summed E-state index contributed by atoms with van der Waals surface area (Å²) in [7, 11) is -3.83. The van der Waals surface area contributed by atoms with Crippen molar-refractivity contribution < 1.29 is 0 Å². The molecule has 10 rings (SSSR count).